The van der Waals surface area contributed by atoms with Gasteiger partial charge in [-0.1, -0.05) is 0 Å². The van der Waals surface area contributed by atoms with Crippen molar-refractivity contribution in [2.24, 2.45) is 0 Å². The van der Waals surface area contributed by atoms with Gasteiger partial charge in [0.25, 0.3) is 5.91 Å². The summed E-state index contributed by atoms with van der Waals surface area (Å²) in [7, 11) is 0. The highest BCUT2D eigenvalue weighted by molar-refractivity contribution is 7.12. The molecule has 2 aromatic heterocycles. The lowest BCUT2D eigenvalue weighted by Gasteiger charge is -2.14. The largest absolute Gasteiger partial charge is 0.477 e. The van der Waals surface area contributed by atoms with Crippen LogP contribution in [-0.4, -0.2) is 22.0 Å². The predicted molar refractivity (Wildman–Crippen MR) is 80.9 cm³/mol. The van der Waals surface area contributed by atoms with Crippen LogP contribution in [0, 0.1) is 13.8 Å². The van der Waals surface area contributed by atoms with E-state index < -0.39 is 5.97 Å². The van der Waals surface area contributed by atoms with Gasteiger partial charge < -0.3 is 10.4 Å². The van der Waals surface area contributed by atoms with Gasteiger partial charge >= 0.3 is 5.97 Å². The number of rotatable bonds is 4. The number of carbonyl (C=O) groups excluding carboxylic acids is 1. The minimum absolute atomic E-state index is 0.0797. The summed E-state index contributed by atoms with van der Waals surface area (Å²) in [6.07, 6.45) is 1.28. The smallest absolute Gasteiger partial charge is 0.354 e. The molecule has 1 unspecified atom stereocenters. The Balaban J connectivity index is 2.10. The molecule has 2 rings (SSSR count). The van der Waals surface area contributed by atoms with Gasteiger partial charge in [-0.15, -0.1) is 11.3 Å². The van der Waals surface area contributed by atoms with Crippen LogP contribution in [0.15, 0.2) is 24.4 Å². The number of pyridine rings is 1. The van der Waals surface area contributed by atoms with E-state index in [1.807, 2.05) is 20.8 Å². The van der Waals surface area contributed by atoms with E-state index in [9.17, 15) is 9.59 Å². The molecule has 0 bridgehead atoms. The molecule has 0 saturated heterocycles. The molecule has 110 valence electrons. The van der Waals surface area contributed by atoms with Gasteiger partial charge in [-0.3, -0.25) is 4.79 Å². The van der Waals surface area contributed by atoms with E-state index in [1.165, 1.54) is 28.1 Å². The van der Waals surface area contributed by atoms with Crippen molar-refractivity contribution < 1.29 is 14.7 Å². The second-order valence-corrected chi connectivity index (χ2v) is 6.26. The Hall–Kier alpha value is -2.21. The standard InChI is InChI=1S/C15H16N2O3S/c1-8-6-12(10(3)21-8)9(2)17-14(18)11-4-5-13(15(19)20)16-7-11/h4-7,9H,1-3H3,(H,17,18)(H,19,20). The van der Waals surface area contributed by atoms with E-state index >= 15 is 0 Å². The fraction of sp³-hybridized carbons (Fsp3) is 0.267. The molecular formula is C15H16N2O3S. The predicted octanol–water partition coefficient (Wildman–Crippen LogP) is 2.95. The Kier molecular flexibility index (Phi) is 4.37. The number of nitrogens with one attached hydrogen (secondary N) is 1. The molecule has 0 saturated carbocycles. The van der Waals surface area contributed by atoms with Gasteiger partial charge in [0.2, 0.25) is 0 Å². The first-order valence-electron chi connectivity index (χ1n) is 6.45. The van der Waals surface area contributed by atoms with Crippen molar-refractivity contribution in [1.82, 2.24) is 10.3 Å². The van der Waals surface area contributed by atoms with E-state index in [-0.39, 0.29) is 17.6 Å². The fourth-order valence-corrected chi connectivity index (χ4v) is 3.12. The maximum Gasteiger partial charge on any atom is 0.354 e. The molecule has 1 amide bonds. The first-order valence-corrected chi connectivity index (χ1v) is 7.27. The Labute approximate surface area is 126 Å². The monoisotopic (exact) mass is 304 g/mol. The van der Waals surface area contributed by atoms with Crippen LogP contribution in [0.3, 0.4) is 0 Å². The molecule has 2 heterocycles. The van der Waals surface area contributed by atoms with Crippen LogP contribution >= 0.6 is 11.3 Å². The summed E-state index contributed by atoms with van der Waals surface area (Å²) < 4.78 is 0. The topological polar surface area (TPSA) is 79.3 Å². The Morgan fingerprint density at radius 3 is 2.52 bits per heavy atom. The molecule has 0 fully saturated rings. The molecule has 0 spiro atoms. The van der Waals surface area contributed by atoms with Crippen molar-refractivity contribution >= 4 is 23.2 Å². The number of carbonyl (C=O) groups is 2. The molecule has 1 atom stereocenters. The number of carboxylic acid groups (broad SMARTS) is 1. The van der Waals surface area contributed by atoms with Gasteiger partial charge in [0.05, 0.1) is 11.6 Å². The van der Waals surface area contributed by atoms with Crippen LogP contribution in [0.1, 0.15) is 49.1 Å². The van der Waals surface area contributed by atoms with Gasteiger partial charge in [-0.25, -0.2) is 9.78 Å². The highest BCUT2D eigenvalue weighted by Crippen LogP contribution is 2.26. The maximum atomic E-state index is 12.1. The van der Waals surface area contributed by atoms with Crippen LogP contribution < -0.4 is 5.32 Å². The normalized spacial score (nSPS) is 12.0. The van der Waals surface area contributed by atoms with Gasteiger partial charge in [0.1, 0.15) is 5.69 Å². The van der Waals surface area contributed by atoms with E-state index in [0.29, 0.717) is 5.56 Å². The number of aryl methyl sites for hydroxylation is 2. The zero-order valence-corrected chi connectivity index (χ0v) is 12.8. The molecule has 2 N–H and O–H groups in total. The van der Waals surface area contributed by atoms with E-state index in [4.69, 9.17) is 5.11 Å². The highest BCUT2D eigenvalue weighted by atomic mass is 32.1. The molecule has 21 heavy (non-hydrogen) atoms. The van der Waals surface area contributed by atoms with Gasteiger partial charge in [0, 0.05) is 16.0 Å². The number of nitrogens with zero attached hydrogens (tertiary/aromatic N) is 1. The number of hydrogen-bond donors (Lipinski definition) is 2. The maximum absolute atomic E-state index is 12.1. The Bertz CT molecular complexity index is 677. The fourth-order valence-electron chi connectivity index (χ4n) is 2.09. The quantitative estimate of drug-likeness (QED) is 0.910. The summed E-state index contributed by atoms with van der Waals surface area (Å²) in [5, 5.41) is 11.7. The third-order valence-electron chi connectivity index (χ3n) is 3.14. The van der Waals surface area contributed by atoms with Gasteiger partial charge in [-0.2, -0.15) is 0 Å². The van der Waals surface area contributed by atoms with Crippen molar-refractivity contribution in [3.8, 4) is 0 Å². The number of aromatic nitrogens is 1. The molecule has 0 aliphatic carbocycles. The van der Waals surface area contributed by atoms with Crippen LogP contribution in [0.4, 0.5) is 0 Å². The number of amides is 1. The third-order valence-corrected chi connectivity index (χ3v) is 4.12. The SMILES string of the molecule is Cc1cc(C(C)NC(=O)c2ccc(C(=O)O)nc2)c(C)s1. The molecule has 0 radical (unpaired) electrons. The minimum Gasteiger partial charge on any atom is -0.477 e. The molecule has 0 aliphatic rings. The highest BCUT2D eigenvalue weighted by Gasteiger charge is 2.15. The zero-order valence-electron chi connectivity index (χ0n) is 12.0. The summed E-state index contributed by atoms with van der Waals surface area (Å²) in [6.45, 7) is 5.98. The number of carboxylic acids is 1. The molecule has 0 aliphatic heterocycles. The van der Waals surface area contributed by atoms with E-state index in [1.54, 1.807) is 11.3 Å². The van der Waals surface area contributed by atoms with Crippen LogP contribution in [0.2, 0.25) is 0 Å². The van der Waals surface area contributed by atoms with Crippen molar-refractivity contribution in [2.45, 2.75) is 26.8 Å². The molecule has 5 nitrogen and oxygen atoms in total. The zero-order chi connectivity index (χ0) is 15.6. The van der Waals surface area contributed by atoms with Crippen molar-refractivity contribution in [3.63, 3.8) is 0 Å². The van der Waals surface area contributed by atoms with Crippen molar-refractivity contribution in [2.75, 3.05) is 0 Å². The van der Waals surface area contributed by atoms with Crippen molar-refractivity contribution in [1.29, 1.82) is 0 Å². The summed E-state index contributed by atoms with van der Waals surface area (Å²) in [5.41, 5.74) is 1.36. The molecule has 6 heteroatoms. The van der Waals surface area contributed by atoms with Crippen LogP contribution in [0.25, 0.3) is 0 Å². The molecule has 2 aromatic rings. The average molecular weight is 304 g/mol. The summed E-state index contributed by atoms with van der Waals surface area (Å²) in [6, 6.07) is 4.74. The molecule has 0 aromatic carbocycles. The third kappa shape index (κ3) is 3.46. The summed E-state index contributed by atoms with van der Waals surface area (Å²) in [4.78, 5) is 29.0. The molecular weight excluding hydrogens is 288 g/mol. The number of aromatic carboxylic acids is 1. The number of hydrogen-bond acceptors (Lipinski definition) is 4. The second kappa shape index (κ2) is 6.05. The summed E-state index contributed by atoms with van der Waals surface area (Å²) in [5.74, 6) is -1.38. The first kappa shape index (κ1) is 15.2. The van der Waals surface area contributed by atoms with Gasteiger partial charge in [0.15, 0.2) is 0 Å². The Morgan fingerprint density at radius 2 is 2.05 bits per heavy atom. The summed E-state index contributed by atoms with van der Waals surface area (Å²) >= 11 is 1.70. The van der Waals surface area contributed by atoms with Crippen LogP contribution in [-0.2, 0) is 0 Å². The first-order chi connectivity index (χ1) is 9.88. The van der Waals surface area contributed by atoms with E-state index in [0.717, 1.165) is 5.56 Å². The second-order valence-electron chi connectivity index (χ2n) is 4.80. The number of thiophene rings is 1. The van der Waals surface area contributed by atoms with Gasteiger partial charge in [-0.05, 0) is 44.5 Å². The lowest BCUT2D eigenvalue weighted by atomic mass is 10.1. The lowest BCUT2D eigenvalue weighted by Crippen LogP contribution is -2.27. The van der Waals surface area contributed by atoms with Crippen molar-refractivity contribution in [3.05, 3.63) is 51.0 Å². The lowest BCUT2D eigenvalue weighted by molar-refractivity contribution is 0.0689. The average Bonchev–Trinajstić information content (AvgIpc) is 2.77. The van der Waals surface area contributed by atoms with Crippen LogP contribution in [0.5, 0.6) is 0 Å². The van der Waals surface area contributed by atoms with E-state index in [2.05, 4.69) is 16.4 Å². The minimum atomic E-state index is -1.11. The Morgan fingerprint density at radius 1 is 1.33 bits per heavy atom.